The van der Waals surface area contributed by atoms with Gasteiger partial charge in [0.05, 0.1) is 25.6 Å². The molecule has 0 radical (unpaired) electrons. The molecule has 122 valence electrons. The van der Waals surface area contributed by atoms with E-state index in [1.165, 1.54) is 6.08 Å². The number of carbonyl (C=O) groups is 2. The van der Waals surface area contributed by atoms with Crippen molar-refractivity contribution in [3.05, 3.63) is 35.6 Å². The Morgan fingerprint density at radius 2 is 1.78 bits per heavy atom. The zero-order valence-electron chi connectivity index (χ0n) is 13.6. The number of benzene rings is 1. The van der Waals surface area contributed by atoms with Gasteiger partial charge in [0, 0.05) is 5.92 Å². The molecule has 1 saturated carbocycles. The van der Waals surface area contributed by atoms with Gasteiger partial charge in [-0.3, -0.25) is 9.59 Å². The molecule has 0 saturated heterocycles. The molecule has 1 aromatic rings. The number of rotatable bonds is 3. The van der Waals surface area contributed by atoms with Gasteiger partial charge in [0.1, 0.15) is 0 Å². The molecule has 3 rings (SSSR count). The van der Waals surface area contributed by atoms with E-state index in [9.17, 15) is 14.7 Å². The number of fused-ring (bicyclic) bond motifs is 2. The standard InChI is InChI=1S/C18H20O5/c1-9-14(10-5-6-12(22-3)13(7-10)23-4)15-16(20)11(19)8-18(9,2)17(15)21/h5-9,14-15,19H,1-4H3/t9-,14+,15+,18+/m1/s1. The van der Waals surface area contributed by atoms with Crippen LogP contribution in [0.4, 0.5) is 0 Å². The molecule has 4 atom stereocenters. The Labute approximate surface area is 134 Å². The summed E-state index contributed by atoms with van der Waals surface area (Å²) in [4.78, 5) is 25.1. The van der Waals surface area contributed by atoms with Gasteiger partial charge in [-0.2, -0.15) is 0 Å². The van der Waals surface area contributed by atoms with Crippen molar-refractivity contribution in [3.63, 3.8) is 0 Å². The molecule has 0 amide bonds. The second-order valence-electron chi connectivity index (χ2n) is 6.45. The van der Waals surface area contributed by atoms with Crippen molar-refractivity contribution >= 4 is 11.6 Å². The number of aliphatic hydroxyl groups is 1. The first kappa shape index (κ1) is 15.6. The summed E-state index contributed by atoms with van der Waals surface area (Å²) >= 11 is 0. The Bertz CT molecular complexity index is 720. The normalized spacial score (nSPS) is 32.7. The van der Waals surface area contributed by atoms with Gasteiger partial charge in [0.15, 0.2) is 23.0 Å². The summed E-state index contributed by atoms with van der Waals surface area (Å²) in [6.45, 7) is 3.73. The Hall–Kier alpha value is -2.30. The minimum absolute atomic E-state index is 0.105. The van der Waals surface area contributed by atoms with E-state index in [1.807, 2.05) is 19.1 Å². The number of aliphatic hydroxyl groups excluding tert-OH is 1. The summed E-state index contributed by atoms with van der Waals surface area (Å²) in [5.74, 6) is -0.989. The van der Waals surface area contributed by atoms with Crippen molar-refractivity contribution in [3.8, 4) is 11.5 Å². The summed E-state index contributed by atoms with van der Waals surface area (Å²) in [6.07, 6.45) is 1.42. The summed E-state index contributed by atoms with van der Waals surface area (Å²) in [7, 11) is 3.10. The average molecular weight is 316 g/mol. The molecule has 1 N–H and O–H groups in total. The molecule has 2 aliphatic rings. The molecule has 5 heteroatoms. The summed E-state index contributed by atoms with van der Waals surface area (Å²) < 4.78 is 10.6. The molecular weight excluding hydrogens is 296 g/mol. The van der Waals surface area contributed by atoms with Gasteiger partial charge in [-0.15, -0.1) is 0 Å². The lowest BCUT2D eigenvalue weighted by molar-refractivity contribution is -0.135. The number of carbonyl (C=O) groups excluding carboxylic acids is 2. The molecule has 0 unspecified atom stereocenters. The van der Waals surface area contributed by atoms with Gasteiger partial charge in [-0.25, -0.2) is 0 Å². The SMILES string of the molecule is COc1ccc([C@H]2[C@H]3C(=O)C(O)=C[C@](C)(C3=O)[C@@H]2C)cc1OC. The van der Waals surface area contributed by atoms with Gasteiger partial charge in [-0.05, 0) is 36.6 Å². The van der Waals surface area contributed by atoms with Crippen molar-refractivity contribution in [2.75, 3.05) is 14.2 Å². The highest BCUT2D eigenvalue weighted by atomic mass is 16.5. The summed E-state index contributed by atoms with van der Waals surface area (Å²) in [6, 6.07) is 5.43. The summed E-state index contributed by atoms with van der Waals surface area (Å²) in [5, 5.41) is 9.92. The Kier molecular flexibility index (Phi) is 3.47. The number of ether oxygens (including phenoxy) is 2. The topological polar surface area (TPSA) is 72.8 Å². The second kappa shape index (κ2) is 5.11. The number of hydrogen-bond acceptors (Lipinski definition) is 5. The zero-order valence-corrected chi connectivity index (χ0v) is 13.6. The second-order valence-corrected chi connectivity index (χ2v) is 6.45. The first-order valence-corrected chi connectivity index (χ1v) is 7.57. The molecule has 0 aliphatic heterocycles. The van der Waals surface area contributed by atoms with E-state index >= 15 is 0 Å². The first-order chi connectivity index (χ1) is 10.8. The highest BCUT2D eigenvalue weighted by Gasteiger charge is 2.60. The fraction of sp³-hybridized carbons (Fsp3) is 0.444. The lowest BCUT2D eigenvalue weighted by atomic mass is 9.75. The minimum Gasteiger partial charge on any atom is -0.505 e. The maximum absolute atomic E-state index is 12.7. The molecule has 2 aliphatic carbocycles. The molecule has 1 aromatic carbocycles. The Balaban J connectivity index is 2.12. The van der Waals surface area contributed by atoms with Crippen LogP contribution in [0.15, 0.2) is 30.0 Å². The van der Waals surface area contributed by atoms with Crippen LogP contribution in [0, 0.1) is 17.3 Å². The van der Waals surface area contributed by atoms with Crippen LogP contribution in [0.1, 0.15) is 25.3 Å². The lowest BCUT2D eigenvalue weighted by Crippen LogP contribution is -2.35. The molecular formula is C18H20O5. The maximum Gasteiger partial charge on any atom is 0.207 e. The van der Waals surface area contributed by atoms with Crippen LogP contribution in [-0.4, -0.2) is 30.9 Å². The van der Waals surface area contributed by atoms with Crippen LogP contribution < -0.4 is 9.47 Å². The lowest BCUT2D eigenvalue weighted by Gasteiger charge is -2.26. The smallest absolute Gasteiger partial charge is 0.207 e. The molecule has 2 bridgehead atoms. The van der Waals surface area contributed by atoms with Gasteiger partial charge in [0.2, 0.25) is 5.78 Å². The third-order valence-corrected chi connectivity index (χ3v) is 5.42. The van der Waals surface area contributed by atoms with E-state index < -0.39 is 17.1 Å². The van der Waals surface area contributed by atoms with E-state index in [2.05, 4.69) is 0 Å². The van der Waals surface area contributed by atoms with Gasteiger partial charge >= 0.3 is 0 Å². The highest BCUT2D eigenvalue weighted by molar-refractivity contribution is 6.16. The largest absolute Gasteiger partial charge is 0.505 e. The maximum atomic E-state index is 12.7. The number of Topliss-reactive ketones (excluding diaryl/α,β-unsaturated/α-hetero) is 2. The van der Waals surface area contributed by atoms with E-state index in [4.69, 9.17) is 9.47 Å². The van der Waals surface area contributed by atoms with Crippen molar-refractivity contribution in [1.82, 2.24) is 0 Å². The summed E-state index contributed by atoms with van der Waals surface area (Å²) in [5.41, 5.74) is 0.0224. The highest BCUT2D eigenvalue weighted by Crippen LogP contribution is 2.56. The monoisotopic (exact) mass is 316 g/mol. The van der Waals surface area contributed by atoms with Crippen molar-refractivity contribution in [1.29, 1.82) is 0 Å². The van der Waals surface area contributed by atoms with E-state index in [1.54, 1.807) is 27.2 Å². The molecule has 0 heterocycles. The third-order valence-electron chi connectivity index (χ3n) is 5.42. The van der Waals surface area contributed by atoms with E-state index in [-0.39, 0.29) is 23.4 Å². The number of methoxy groups -OCH3 is 2. The number of ketones is 2. The Morgan fingerprint density at radius 3 is 2.39 bits per heavy atom. The predicted octanol–water partition coefficient (Wildman–Crippen LogP) is 2.65. The number of hydrogen-bond donors (Lipinski definition) is 1. The number of allylic oxidation sites excluding steroid dienone is 2. The molecule has 23 heavy (non-hydrogen) atoms. The molecule has 0 spiro atoms. The van der Waals surface area contributed by atoms with Crippen LogP contribution in [0.25, 0.3) is 0 Å². The van der Waals surface area contributed by atoms with Crippen LogP contribution in [0.2, 0.25) is 0 Å². The Morgan fingerprint density at radius 1 is 1.13 bits per heavy atom. The van der Waals surface area contributed by atoms with E-state index in [0.29, 0.717) is 11.5 Å². The average Bonchev–Trinajstić information content (AvgIpc) is 2.69. The first-order valence-electron chi connectivity index (χ1n) is 7.57. The van der Waals surface area contributed by atoms with Crippen molar-refractivity contribution < 1.29 is 24.2 Å². The fourth-order valence-electron chi connectivity index (χ4n) is 3.92. The predicted molar refractivity (Wildman–Crippen MR) is 83.8 cm³/mol. The van der Waals surface area contributed by atoms with Crippen LogP contribution in [-0.2, 0) is 9.59 Å². The van der Waals surface area contributed by atoms with Crippen molar-refractivity contribution in [2.45, 2.75) is 19.8 Å². The molecule has 5 nitrogen and oxygen atoms in total. The molecule has 1 fully saturated rings. The third kappa shape index (κ3) is 1.99. The van der Waals surface area contributed by atoms with Crippen LogP contribution >= 0.6 is 0 Å². The van der Waals surface area contributed by atoms with Crippen molar-refractivity contribution in [2.24, 2.45) is 17.3 Å². The van der Waals surface area contributed by atoms with Gasteiger partial charge in [-0.1, -0.05) is 13.0 Å². The van der Waals surface area contributed by atoms with Crippen LogP contribution in [0.3, 0.4) is 0 Å². The molecule has 0 aromatic heterocycles. The quantitative estimate of drug-likeness (QED) is 0.868. The minimum atomic E-state index is -0.835. The zero-order chi connectivity index (χ0) is 16.9. The van der Waals surface area contributed by atoms with Crippen LogP contribution in [0.5, 0.6) is 11.5 Å². The van der Waals surface area contributed by atoms with Gasteiger partial charge < -0.3 is 14.6 Å². The fourth-order valence-corrected chi connectivity index (χ4v) is 3.92. The van der Waals surface area contributed by atoms with E-state index in [0.717, 1.165) is 5.56 Å². The van der Waals surface area contributed by atoms with Gasteiger partial charge in [0.25, 0.3) is 0 Å².